The Morgan fingerprint density at radius 3 is 1.46 bits per heavy atom. The van der Waals surface area contributed by atoms with Crippen molar-refractivity contribution in [3.05, 3.63) is 81.1 Å². The van der Waals surface area contributed by atoms with Crippen LogP contribution >= 0.6 is 23.2 Å². The number of hydrogen-bond acceptors (Lipinski definition) is 4. The first-order valence-corrected chi connectivity index (χ1v) is 8.07. The molecule has 2 aromatic rings. The van der Waals surface area contributed by atoms with E-state index in [0.717, 1.165) is 16.7 Å². The highest BCUT2D eigenvalue weighted by Gasteiger charge is 1.96. The van der Waals surface area contributed by atoms with E-state index in [-0.39, 0.29) is 0 Å². The van der Waals surface area contributed by atoms with Crippen LogP contribution in [-0.4, -0.2) is 12.4 Å². The average Bonchev–Trinajstić information content (AvgIpc) is 2.56. The number of benzene rings is 2. The highest BCUT2D eigenvalue weighted by atomic mass is 35.5. The molecule has 0 saturated carbocycles. The summed E-state index contributed by atoms with van der Waals surface area (Å²) in [7, 11) is 0. The summed E-state index contributed by atoms with van der Waals surface area (Å²) in [4.78, 5) is 0. The Labute approximate surface area is 151 Å². The summed E-state index contributed by atoms with van der Waals surface area (Å²) in [6.07, 6.45) is 3.42. The van der Waals surface area contributed by atoms with Crippen LogP contribution in [0.2, 0.25) is 10.0 Å². The molecule has 2 rings (SSSR count). The lowest BCUT2D eigenvalue weighted by molar-refractivity contribution is 0.730. The summed E-state index contributed by atoms with van der Waals surface area (Å²) in [6.45, 7) is 3.93. The fourth-order valence-corrected chi connectivity index (χ4v) is 1.94. The van der Waals surface area contributed by atoms with Crippen molar-refractivity contribution in [2.45, 2.75) is 13.8 Å². The molecule has 0 spiro atoms. The van der Waals surface area contributed by atoms with Gasteiger partial charge in [0.05, 0.1) is 12.4 Å². The molecule has 0 heterocycles. The quantitative estimate of drug-likeness (QED) is 0.574. The standard InChI is InChI=1S/C18H18Cl2N4/c1-13(2)18(23-21-11-14-3-7-16(19)8-4-14)24-22-12-15-5-9-17(20)10-6-15/h3-12,23-24H,1-2H3/b21-11+,22-12+. The SMILES string of the molecule is CC(C)=C(N/N=C/c1ccc(Cl)cc1)N/N=C/c1ccc(Cl)cc1. The zero-order valence-corrected chi connectivity index (χ0v) is 14.9. The van der Waals surface area contributed by atoms with E-state index in [9.17, 15) is 0 Å². The van der Waals surface area contributed by atoms with Gasteiger partial charge in [0.15, 0.2) is 0 Å². The number of allylic oxidation sites excluding steroid dienone is 1. The van der Waals surface area contributed by atoms with Crippen LogP contribution in [0.4, 0.5) is 0 Å². The van der Waals surface area contributed by atoms with Crippen LogP contribution < -0.4 is 10.9 Å². The highest BCUT2D eigenvalue weighted by molar-refractivity contribution is 6.30. The molecule has 0 saturated heterocycles. The Morgan fingerprint density at radius 1 is 0.750 bits per heavy atom. The Bertz CT molecular complexity index is 684. The molecule has 0 aromatic heterocycles. The topological polar surface area (TPSA) is 48.8 Å². The van der Waals surface area contributed by atoms with Gasteiger partial charge in [-0.2, -0.15) is 10.2 Å². The molecule has 2 aromatic carbocycles. The van der Waals surface area contributed by atoms with Gasteiger partial charge in [-0.15, -0.1) is 0 Å². The summed E-state index contributed by atoms with van der Waals surface area (Å²) >= 11 is 11.7. The van der Waals surface area contributed by atoms with Gasteiger partial charge < -0.3 is 0 Å². The van der Waals surface area contributed by atoms with Crippen molar-refractivity contribution in [2.75, 3.05) is 0 Å². The van der Waals surface area contributed by atoms with Crippen molar-refractivity contribution >= 4 is 35.6 Å². The lowest BCUT2D eigenvalue weighted by atomic mass is 10.2. The van der Waals surface area contributed by atoms with E-state index >= 15 is 0 Å². The van der Waals surface area contributed by atoms with Crippen LogP contribution in [-0.2, 0) is 0 Å². The monoisotopic (exact) mass is 360 g/mol. The molecule has 6 heteroatoms. The van der Waals surface area contributed by atoms with Crippen LogP contribution in [0.15, 0.2) is 70.1 Å². The summed E-state index contributed by atoms with van der Waals surface area (Å²) < 4.78 is 0. The van der Waals surface area contributed by atoms with Crippen molar-refractivity contribution in [2.24, 2.45) is 10.2 Å². The first-order chi connectivity index (χ1) is 11.5. The average molecular weight is 361 g/mol. The van der Waals surface area contributed by atoms with Crippen molar-refractivity contribution in [3.63, 3.8) is 0 Å². The third-order valence-electron chi connectivity index (χ3n) is 3.02. The second-order valence-corrected chi connectivity index (χ2v) is 6.09. The van der Waals surface area contributed by atoms with E-state index in [1.807, 2.05) is 62.4 Å². The van der Waals surface area contributed by atoms with Crippen LogP contribution in [0, 0.1) is 0 Å². The Hall–Kier alpha value is -2.30. The minimum atomic E-state index is 0.698. The summed E-state index contributed by atoms with van der Waals surface area (Å²) in [5.74, 6) is 0.713. The Balaban J connectivity index is 1.94. The van der Waals surface area contributed by atoms with E-state index in [1.54, 1.807) is 12.4 Å². The van der Waals surface area contributed by atoms with Crippen LogP contribution in [0.1, 0.15) is 25.0 Å². The minimum absolute atomic E-state index is 0.698. The van der Waals surface area contributed by atoms with Gasteiger partial charge in [0.25, 0.3) is 0 Å². The predicted molar refractivity (Wildman–Crippen MR) is 103 cm³/mol. The molecule has 4 nitrogen and oxygen atoms in total. The number of hydrazone groups is 2. The summed E-state index contributed by atoms with van der Waals surface area (Å²) in [5.41, 5.74) is 8.82. The van der Waals surface area contributed by atoms with Crippen molar-refractivity contribution < 1.29 is 0 Å². The number of rotatable bonds is 6. The van der Waals surface area contributed by atoms with E-state index in [0.29, 0.717) is 15.9 Å². The van der Waals surface area contributed by atoms with E-state index in [1.165, 1.54) is 0 Å². The van der Waals surface area contributed by atoms with E-state index in [4.69, 9.17) is 23.2 Å². The van der Waals surface area contributed by atoms with Crippen molar-refractivity contribution in [1.82, 2.24) is 10.9 Å². The molecule has 124 valence electrons. The van der Waals surface area contributed by atoms with Crippen LogP contribution in [0.3, 0.4) is 0 Å². The minimum Gasteiger partial charge on any atom is -0.262 e. The maximum Gasteiger partial charge on any atom is 0.138 e. The lowest BCUT2D eigenvalue weighted by Gasteiger charge is -2.07. The number of halogens is 2. The molecular weight excluding hydrogens is 343 g/mol. The first-order valence-electron chi connectivity index (χ1n) is 7.31. The molecule has 0 unspecified atom stereocenters. The lowest BCUT2D eigenvalue weighted by Crippen LogP contribution is -2.20. The van der Waals surface area contributed by atoms with Gasteiger partial charge in [0.2, 0.25) is 0 Å². The van der Waals surface area contributed by atoms with Crippen molar-refractivity contribution in [1.29, 1.82) is 0 Å². The van der Waals surface area contributed by atoms with Crippen LogP contribution in [0.25, 0.3) is 0 Å². The molecule has 0 bridgehead atoms. The fourth-order valence-electron chi connectivity index (χ4n) is 1.69. The van der Waals surface area contributed by atoms with Crippen molar-refractivity contribution in [3.8, 4) is 0 Å². The molecule has 24 heavy (non-hydrogen) atoms. The normalized spacial score (nSPS) is 11.0. The molecule has 0 radical (unpaired) electrons. The van der Waals surface area contributed by atoms with Gasteiger partial charge in [-0.1, -0.05) is 47.5 Å². The van der Waals surface area contributed by atoms with Gasteiger partial charge in [-0.05, 0) is 54.8 Å². The second-order valence-electron chi connectivity index (χ2n) is 5.22. The maximum atomic E-state index is 5.85. The van der Waals surface area contributed by atoms with Gasteiger partial charge in [-0.25, -0.2) is 0 Å². The third-order valence-corrected chi connectivity index (χ3v) is 3.52. The van der Waals surface area contributed by atoms with Gasteiger partial charge in [-0.3, -0.25) is 10.9 Å². The van der Waals surface area contributed by atoms with Gasteiger partial charge in [0, 0.05) is 10.0 Å². The highest BCUT2D eigenvalue weighted by Crippen LogP contribution is 2.08. The van der Waals surface area contributed by atoms with Gasteiger partial charge >= 0.3 is 0 Å². The first kappa shape index (κ1) is 18.0. The molecule has 0 aliphatic rings. The molecule has 0 amide bonds. The smallest absolute Gasteiger partial charge is 0.138 e. The van der Waals surface area contributed by atoms with Crippen LogP contribution in [0.5, 0.6) is 0 Å². The molecular formula is C18H18Cl2N4. The number of nitrogens with one attached hydrogen (secondary N) is 2. The molecule has 2 N–H and O–H groups in total. The molecule has 0 fully saturated rings. The molecule has 0 atom stereocenters. The predicted octanol–water partition coefficient (Wildman–Crippen LogP) is 4.79. The Kier molecular flexibility index (Phi) is 6.85. The number of hydrogen-bond donors (Lipinski definition) is 2. The van der Waals surface area contributed by atoms with E-state index in [2.05, 4.69) is 21.1 Å². The zero-order valence-electron chi connectivity index (χ0n) is 13.4. The molecule has 0 aliphatic heterocycles. The molecule has 0 aliphatic carbocycles. The second kappa shape index (κ2) is 9.11. The maximum absolute atomic E-state index is 5.85. The number of nitrogens with zero attached hydrogens (tertiary/aromatic N) is 2. The summed E-state index contributed by atoms with van der Waals surface area (Å²) in [5, 5.41) is 9.80. The van der Waals surface area contributed by atoms with Gasteiger partial charge in [0.1, 0.15) is 5.82 Å². The summed E-state index contributed by atoms with van der Waals surface area (Å²) in [6, 6.07) is 14.8. The Morgan fingerprint density at radius 2 is 1.12 bits per heavy atom. The zero-order chi connectivity index (χ0) is 17.4. The largest absolute Gasteiger partial charge is 0.262 e. The van der Waals surface area contributed by atoms with E-state index < -0.39 is 0 Å². The fraction of sp³-hybridized carbons (Fsp3) is 0.111. The third kappa shape index (κ3) is 6.07.